The average molecular weight is 382 g/mol. The molecule has 0 bridgehead atoms. The van der Waals surface area contributed by atoms with Crippen LogP contribution in [0.15, 0.2) is 48.8 Å². The Morgan fingerprint density at radius 2 is 1.36 bits per heavy atom. The van der Waals surface area contributed by atoms with Crippen molar-refractivity contribution in [1.82, 2.24) is 0 Å². The van der Waals surface area contributed by atoms with Crippen LogP contribution in [0.4, 0.5) is 5.69 Å². The molecule has 1 aromatic heterocycles. The van der Waals surface area contributed by atoms with E-state index in [0.29, 0.717) is 0 Å². The third-order valence-corrected chi connectivity index (χ3v) is 4.88. The van der Waals surface area contributed by atoms with Crippen LogP contribution in [0.3, 0.4) is 0 Å². The fourth-order valence-corrected chi connectivity index (χ4v) is 3.36. The Labute approximate surface area is 172 Å². The first kappa shape index (κ1) is 22.2. The van der Waals surface area contributed by atoms with Crippen molar-refractivity contribution in [2.75, 3.05) is 45.7 Å². The van der Waals surface area contributed by atoms with Gasteiger partial charge in [0.05, 0.1) is 34.1 Å². The minimum atomic E-state index is 1.02. The molecule has 0 N–H and O–H groups in total. The Hall–Kier alpha value is -2.13. The molecule has 2 rings (SSSR count). The van der Waals surface area contributed by atoms with Crippen LogP contribution in [0.1, 0.15) is 44.2 Å². The van der Waals surface area contributed by atoms with Crippen LogP contribution in [0.5, 0.6) is 0 Å². The third kappa shape index (κ3) is 7.85. The first-order chi connectivity index (χ1) is 13.4. The minimum absolute atomic E-state index is 1.02. The van der Waals surface area contributed by atoms with E-state index < -0.39 is 0 Å². The third-order valence-electron chi connectivity index (χ3n) is 4.88. The van der Waals surface area contributed by atoms with Gasteiger partial charge in [0.15, 0.2) is 18.9 Å². The lowest BCUT2D eigenvalue weighted by atomic mass is 10.1. The predicted octanol–water partition coefficient (Wildman–Crippen LogP) is 4.87. The summed E-state index contributed by atoms with van der Waals surface area (Å²) in [6.45, 7) is 9.01. The number of rotatable bonds is 11. The van der Waals surface area contributed by atoms with Crippen LogP contribution in [0, 0.1) is 0 Å². The first-order valence-electron chi connectivity index (χ1n) is 10.7. The minimum Gasteiger partial charge on any atom is -0.372 e. The van der Waals surface area contributed by atoms with Gasteiger partial charge in [0.1, 0.15) is 0 Å². The molecule has 0 amide bonds. The second-order valence-electron chi connectivity index (χ2n) is 8.65. The van der Waals surface area contributed by atoms with Crippen LogP contribution in [0.25, 0.3) is 12.2 Å². The molecule has 0 radical (unpaired) electrons. The maximum Gasteiger partial charge on any atom is 0.169 e. The molecule has 2 aromatic rings. The zero-order valence-electron chi connectivity index (χ0n) is 18.6. The predicted molar refractivity (Wildman–Crippen MR) is 122 cm³/mol. The van der Waals surface area contributed by atoms with Crippen LogP contribution in [0.2, 0.25) is 0 Å². The fourth-order valence-electron chi connectivity index (χ4n) is 3.36. The number of quaternary nitrogens is 1. The highest BCUT2D eigenvalue weighted by Gasteiger charge is 2.08. The maximum atomic E-state index is 2.47. The van der Waals surface area contributed by atoms with Crippen LogP contribution in [-0.4, -0.2) is 45.3 Å². The normalized spacial score (nSPS) is 11.9. The summed E-state index contributed by atoms with van der Waals surface area (Å²) >= 11 is 0. The van der Waals surface area contributed by atoms with Crippen molar-refractivity contribution in [2.45, 2.75) is 39.7 Å². The Morgan fingerprint density at radius 1 is 0.821 bits per heavy atom. The van der Waals surface area contributed by atoms with E-state index in [2.05, 4.69) is 105 Å². The molecule has 0 saturated carbocycles. The lowest BCUT2D eigenvalue weighted by Gasteiger charge is -2.23. The summed E-state index contributed by atoms with van der Waals surface area (Å²) in [4.78, 5) is 2.47. The number of aromatic nitrogens is 1. The van der Waals surface area contributed by atoms with Crippen molar-refractivity contribution >= 4 is 17.8 Å². The molecule has 0 unspecified atom stereocenters. The Kier molecular flexibility index (Phi) is 8.72. The molecule has 3 heteroatoms. The van der Waals surface area contributed by atoms with Crippen molar-refractivity contribution in [3.63, 3.8) is 0 Å². The van der Waals surface area contributed by atoms with Crippen molar-refractivity contribution in [2.24, 2.45) is 0 Å². The lowest BCUT2D eigenvalue weighted by Crippen LogP contribution is -2.39. The van der Waals surface area contributed by atoms with Gasteiger partial charge in [-0.05, 0) is 36.1 Å². The van der Waals surface area contributed by atoms with Gasteiger partial charge in [0.2, 0.25) is 0 Å². The number of aryl methyl sites for hydroxylation is 1. The highest BCUT2D eigenvalue weighted by atomic mass is 15.3. The van der Waals surface area contributed by atoms with Crippen LogP contribution >= 0.6 is 0 Å². The Morgan fingerprint density at radius 3 is 1.86 bits per heavy atom. The number of anilines is 1. The van der Waals surface area contributed by atoms with E-state index in [1.165, 1.54) is 42.6 Å². The summed E-state index contributed by atoms with van der Waals surface area (Å²) in [5, 5.41) is 0. The molecule has 0 aliphatic heterocycles. The summed E-state index contributed by atoms with van der Waals surface area (Å²) < 4.78 is 3.30. The van der Waals surface area contributed by atoms with Crippen molar-refractivity contribution in [3.8, 4) is 0 Å². The molecule has 0 spiro atoms. The van der Waals surface area contributed by atoms with Gasteiger partial charge in [0.25, 0.3) is 0 Å². The highest BCUT2D eigenvalue weighted by Crippen LogP contribution is 2.17. The first-order valence-corrected chi connectivity index (χ1v) is 10.7. The summed E-state index contributed by atoms with van der Waals surface area (Å²) in [6.07, 6.45) is 12.3. The van der Waals surface area contributed by atoms with Gasteiger partial charge in [-0.25, -0.2) is 4.57 Å². The lowest BCUT2D eigenvalue weighted by molar-refractivity contribution is -0.873. The zero-order valence-corrected chi connectivity index (χ0v) is 18.6. The van der Waals surface area contributed by atoms with E-state index in [1.807, 2.05) is 0 Å². The Bertz CT molecular complexity index is 703. The van der Waals surface area contributed by atoms with Crippen molar-refractivity contribution in [3.05, 3.63) is 59.9 Å². The molecule has 3 nitrogen and oxygen atoms in total. The van der Waals surface area contributed by atoms with Gasteiger partial charge in [-0.15, -0.1) is 0 Å². The van der Waals surface area contributed by atoms with E-state index in [-0.39, 0.29) is 0 Å². The molecule has 0 aliphatic rings. The van der Waals surface area contributed by atoms with Crippen molar-refractivity contribution < 1.29 is 9.05 Å². The molecule has 0 saturated heterocycles. The molecule has 0 aliphatic carbocycles. The van der Waals surface area contributed by atoms with E-state index in [1.54, 1.807) is 0 Å². The van der Waals surface area contributed by atoms with Gasteiger partial charge >= 0.3 is 0 Å². The number of benzene rings is 1. The van der Waals surface area contributed by atoms with Gasteiger partial charge < -0.3 is 9.38 Å². The number of hydrogen-bond donors (Lipinski definition) is 0. The smallest absolute Gasteiger partial charge is 0.169 e. The van der Waals surface area contributed by atoms with Gasteiger partial charge in [-0.1, -0.05) is 38.1 Å². The summed E-state index contributed by atoms with van der Waals surface area (Å²) in [5.41, 5.74) is 3.82. The van der Waals surface area contributed by atoms with Crippen molar-refractivity contribution in [1.29, 1.82) is 0 Å². The number of hydrogen-bond acceptors (Lipinski definition) is 1. The molecule has 0 atom stereocenters. The van der Waals surface area contributed by atoms with E-state index in [0.717, 1.165) is 24.1 Å². The van der Waals surface area contributed by atoms with Crippen LogP contribution < -0.4 is 9.47 Å². The molecule has 1 heterocycles. The van der Waals surface area contributed by atoms with E-state index in [4.69, 9.17) is 0 Å². The van der Waals surface area contributed by atoms with Gasteiger partial charge in [-0.3, -0.25) is 0 Å². The average Bonchev–Trinajstić information content (AvgIpc) is 2.67. The topological polar surface area (TPSA) is 7.12 Å². The molecular weight excluding hydrogens is 342 g/mol. The van der Waals surface area contributed by atoms with Gasteiger partial charge in [-0.2, -0.15) is 0 Å². The molecular formula is C25H39N3+2. The largest absolute Gasteiger partial charge is 0.372 e. The maximum absolute atomic E-state index is 2.47. The monoisotopic (exact) mass is 381 g/mol. The second kappa shape index (κ2) is 11.0. The fraction of sp³-hybridized carbons (Fsp3) is 0.480. The molecule has 0 fully saturated rings. The number of pyridine rings is 1. The quantitative estimate of drug-likeness (QED) is 0.398. The molecule has 152 valence electrons. The zero-order chi connectivity index (χ0) is 20.4. The Balaban J connectivity index is 1.92. The number of nitrogens with zero attached hydrogens (tertiary/aromatic N) is 3. The summed E-state index contributed by atoms with van der Waals surface area (Å²) in [6, 6.07) is 13.3. The van der Waals surface area contributed by atoms with Crippen LogP contribution in [-0.2, 0) is 6.54 Å². The standard InChI is InChI=1S/C25H39N3/c1-6-17-27(18-7-2)25-13-11-23(12-14-25)9-10-24-15-20-26(21-16-24)19-8-22-28(3,4)5/h9-16,20-21H,6-8,17-19,22H2,1-5H3/q+2. The second-order valence-corrected chi connectivity index (χ2v) is 8.65. The van der Waals surface area contributed by atoms with E-state index >= 15 is 0 Å². The molecule has 1 aromatic carbocycles. The highest BCUT2D eigenvalue weighted by molar-refractivity contribution is 5.70. The summed E-state index contributed by atoms with van der Waals surface area (Å²) in [5.74, 6) is 0. The molecule has 28 heavy (non-hydrogen) atoms. The SMILES string of the molecule is CCCN(CCC)c1ccc(/C=C/c2cc[n+](CCC[N+](C)(C)C)cc2)cc1. The van der Waals surface area contributed by atoms with E-state index in [9.17, 15) is 0 Å². The van der Waals surface area contributed by atoms with Gasteiger partial charge in [0, 0.05) is 30.9 Å². The summed E-state index contributed by atoms with van der Waals surface area (Å²) in [7, 11) is 6.74.